The fourth-order valence-electron chi connectivity index (χ4n) is 9.87. The van der Waals surface area contributed by atoms with Crippen molar-refractivity contribution in [2.45, 2.75) is 0 Å². The lowest BCUT2D eigenvalue weighted by molar-refractivity contribution is 0.669. The van der Waals surface area contributed by atoms with Gasteiger partial charge in [-0.25, -0.2) is 15.0 Å². The maximum absolute atomic E-state index is 6.81. The molecule has 6 heteroatoms. The van der Waals surface area contributed by atoms with Crippen LogP contribution in [0.5, 0.6) is 0 Å². The fraction of sp³-hybridized carbons (Fsp3) is 0. The maximum atomic E-state index is 6.81. The molecule has 14 aromatic rings. The molecule has 4 aromatic heterocycles. The molecule has 0 bridgehead atoms. The predicted octanol–water partition coefficient (Wildman–Crippen LogP) is 15.2. The van der Waals surface area contributed by atoms with Crippen molar-refractivity contribution in [2.24, 2.45) is 0 Å². The van der Waals surface area contributed by atoms with Crippen LogP contribution in [0.1, 0.15) is 0 Å². The average Bonchev–Trinajstić information content (AvgIpc) is 4.02. The fourth-order valence-corrected chi connectivity index (χ4v) is 9.87. The minimum Gasteiger partial charge on any atom is -0.456 e. The number of aromatic nitrogens is 4. The van der Waals surface area contributed by atoms with E-state index in [1.54, 1.807) is 0 Å². The van der Waals surface area contributed by atoms with E-state index in [-0.39, 0.29) is 0 Å². The zero-order valence-corrected chi connectivity index (χ0v) is 33.6. The van der Waals surface area contributed by atoms with Gasteiger partial charge in [0, 0.05) is 54.9 Å². The van der Waals surface area contributed by atoms with E-state index in [1.807, 2.05) is 36.4 Å². The van der Waals surface area contributed by atoms with E-state index in [1.165, 1.54) is 21.5 Å². The summed E-state index contributed by atoms with van der Waals surface area (Å²) in [6, 6.07) is 68.1. The van der Waals surface area contributed by atoms with E-state index in [0.29, 0.717) is 17.5 Å². The molecular weight excluding hydrogens is 773 g/mol. The summed E-state index contributed by atoms with van der Waals surface area (Å²) in [4.78, 5) is 15.6. The molecule has 292 valence electrons. The lowest BCUT2D eigenvalue weighted by Crippen LogP contribution is -2.00. The van der Waals surface area contributed by atoms with Gasteiger partial charge in [0.25, 0.3) is 0 Å². The van der Waals surface area contributed by atoms with E-state index in [2.05, 4.69) is 162 Å². The summed E-state index contributed by atoms with van der Waals surface area (Å²) in [7, 11) is 0. The number of hydrogen-bond donors (Lipinski definition) is 0. The largest absolute Gasteiger partial charge is 0.456 e. The van der Waals surface area contributed by atoms with Crippen LogP contribution in [0.2, 0.25) is 0 Å². The lowest BCUT2D eigenvalue weighted by atomic mass is 10.0. The molecule has 0 saturated carbocycles. The monoisotopic (exact) mass is 804 g/mol. The van der Waals surface area contributed by atoms with Crippen LogP contribution >= 0.6 is 0 Å². The van der Waals surface area contributed by atoms with Crippen LogP contribution in [-0.2, 0) is 0 Å². The zero-order chi connectivity index (χ0) is 41.2. The van der Waals surface area contributed by atoms with Crippen LogP contribution in [0.15, 0.2) is 203 Å². The Labute approximate surface area is 358 Å². The van der Waals surface area contributed by atoms with Gasteiger partial charge in [0.05, 0.1) is 22.3 Å². The first-order valence-electron chi connectivity index (χ1n) is 21.2. The quantitative estimate of drug-likeness (QED) is 0.177. The van der Waals surface area contributed by atoms with Gasteiger partial charge in [-0.05, 0) is 81.5 Å². The lowest BCUT2D eigenvalue weighted by Gasteiger charge is -2.13. The molecule has 0 amide bonds. The smallest absolute Gasteiger partial charge is 0.167 e. The minimum atomic E-state index is 0.541. The standard InChI is InChI=1S/C57H32N4O2/c1-2-13-34-28-37(25-24-33(34)12-1)55-58-56(60-57(59-55)44-21-11-20-43-41-18-8-10-23-50(41)63-54(43)44)38-26-27-51-46(30-38)53-42-19-6-5-16-39(42)49(32-52(53)62-51)61-47-22-9-7-17-40(47)45-29-35-14-3-4-15-36(35)31-48(45)61/h1-32H. The van der Waals surface area contributed by atoms with Crippen molar-refractivity contribution in [3.8, 4) is 39.9 Å². The highest BCUT2D eigenvalue weighted by atomic mass is 16.3. The van der Waals surface area contributed by atoms with Gasteiger partial charge in [-0.1, -0.05) is 133 Å². The van der Waals surface area contributed by atoms with Crippen LogP contribution < -0.4 is 0 Å². The summed E-state index contributed by atoms with van der Waals surface area (Å²) in [5.74, 6) is 1.69. The Morgan fingerprint density at radius 2 is 0.952 bits per heavy atom. The van der Waals surface area contributed by atoms with Crippen molar-refractivity contribution < 1.29 is 8.83 Å². The Balaban J connectivity index is 0.999. The second kappa shape index (κ2) is 12.9. The van der Waals surface area contributed by atoms with Gasteiger partial charge in [-0.3, -0.25) is 0 Å². The summed E-state index contributed by atoms with van der Waals surface area (Å²) < 4.78 is 15.7. The van der Waals surface area contributed by atoms with E-state index in [0.717, 1.165) is 98.8 Å². The number of rotatable bonds is 4. The van der Waals surface area contributed by atoms with Gasteiger partial charge < -0.3 is 13.4 Å². The molecule has 0 radical (unpaired) electrons. The summed E-state index contributed by atoms with van der Waals surface area (Å²) in [6.07, 6.45) is 0. The van der Waals surface area contributed by atoms with E-state index in [4.69, 9.17) is 23.8 Å². The van der Waals surface area contributed by atoms with Crippen molar-refractivity contribution in [3.05, 3.63) is 194 Å². The topological polar surface area (TPSA) is 69.9 Å². The van der Waals surface area contributed by atoms with Gasteiger partial charge >= 0.3 is 0 Å². The molecule has 0 aliphatic rings. The van der Waals surface area contributed by atoms with Crippen molar-refractivity contribution in [1.82, 2.24) is 19.5 Å². The van der Waals surface area contributed by atoms with Crippen LogP contribution in [0.4, 0.5) is 0 Å². The first-order chi connectivity index (χ1) is 31.2. The van der Waals surface area contributed by atoms with Crippen molar-refractivity contribution in [2.75, 3.05) is 0 Å². The molecule has 0 atom stereocenters. The third kappa shape index (κ3) is 5.09. The predicted molar refractivity (Wildman–Crippen MR) is 258 cm³/mol. The van der Waals surface area contributed by atoms with Gasteiger partial charge in [0.1, 0.15) is 22.3 Å². The molecule has 6 nitrogen and oxygen atoms in total. The molecule has 0 fully saturated rings. The van der Waals surface area contributed by atoms with E-state index >= 15 is 0 Å². The summed E-state index contributed by atoms with van der Waals surface area (Å²) in [6.45, 7) is 0. The highest BCUT2D eigenvalue weighted by Crippen LogP contribution is 2.43. The Morgan fingerprint density at radius 1 is 0.333 bits per heavy atom. The van der Waals surface area contributed by atoms with Gasteiger partial charge in [-0.2, -0.15) is 0 Å². The molecule has 63 heavy (non-hydrogen) atoms. The normalized spacial score (nSPS) is 12.1. The summed E-state index contributed by atoms with van der Waals surface area (Å²) in [5.41, 5.74) is 9.12. The third-order valence-corrected chi connectivity index (χ3v) is 12.8. The number of fused-ring (bicyclic) bond motifs is 13. The number of furan rings is 2. The Hall–Kier alpha value is -8.61. The van der Waals surface area contributed by atoms with Crippen LogP contribution in [0, 0.1) is 0 Å². The van der Waals surface area contributed by atoms with Crippen LogP contribution in [0.25, 0.3) is 138 Å². The molecule has 14 rings (SSSR count). The molecule has 0 N–H and O–H groups in total. The molecule has 4 heterocycles. The summed E-state index contributed by atoms with van der Waals surface area (Å²) >= 11 is 0. The number of para-hydroxylation sites is 3. The molecule has 0 unspecified atom stereocenters. The number of nitrogens with zero attached hydrogens (tertiary/aromatic N) is 4. The Kier molecular flexibility index (Phi) is 7.02. The van der Waals surface area contributed by atoms with Crippen molar-refractivity contribution in [3.63, 3.8) is 0 Å². The number of benzene rings is 10. The highest BCUT2D eigenvalue weighted by molar-refractivity contribution is 6.22. The number of hydrogen-bond acceptors (Lipinski definition) is 5. The second-order valence-corrected chi connectivity index (χ2v) is 16.3. The van der Waals surface area contributed by atoms with Crippen LogP contribution in [0.3, 0.4) is 0 Å². The first-order valence-corrected chi connectivity index (χ1v) is 21.2. The average molecular weight is 805 g/mol. The van der Waals surface area contributed by atoms with Gasteiger partial charge in [0.15, 0.2) is 17.5 Å². The zero-order valence-electron chi connectivity index (χ0n) is 33.6. The third-order valence-electron chi connectivity index (χ3n) is 12.8. The molecule has 0 aliphatic carbocycles. The maximum Gasteiger partial charge on any atom is 0.167 e. The second-order valence-electron chi connectivity index (χ2n) is 16.3. The van der Waals surface area contributed by atoms with Gasteiger partial charge in [0.2, 0.25) is 0 Å². The van der Waals surface area contributed by atoms with Crippen molar-refractivity contribution >= 4 is 98.0 Å². The van der Waals surface area contributed by atoms with Crippen molar-refractivity contribution in [1.29, 1.82) is 0 Å². The van der Waals surface area contributed by atoms with Crippen LogP contribution in [-0.4, -0.2) is 19.5 Å². The highest BCUT2D eigenvalue weighted by Gasteiger charge is 2.22. The summed E-state index contributed by atoms with van der Waals surface area (Å²) in [5, 5.41) is 13.5. The molecular formula is C57H32N4O2. The van der Waals surface area contributed by atoms with Gasteiger partial charge in [-0.15, -0.1) is 0 Å². The minimum absolute atomic E-state index is 0.541. The first kappa shape index (κ1) is 34.1. The van der Waals surface area contributed by atoms with E-state index in [9.17, 15) is 0 Å². The SMILES string of the molecule is c1ccc2cc(-c3nc(-c4ccc5oc6cc(-n7c8ccccc8c8cc9ccccc9cc87)c7ccccc7c6c5c4)nc(-c4cccc5c4oc4ccccc45)n3)ccc2c1. The molecule has 0 saturated heterocycles. The molecule has 0 aliphatic heterocycles. The molecule has 10 aromatic carbocycles. The van der Waals surface area contributed by atoms with E-state index < -0.39 is 0 Å². The molecule has 0 spiro atoms. The Morgan fingerprint density at radius 3 is 1.79 bits per heavy atom. The Bertz CT molecular complexity index is 4230.